The fraction of sp³-hybridized carbons (Fsp3) is 0. The molecule has 366 valence electrons. The normalized spacial score (nSPS) is 11.7. The number of benzene rings is 9. The summed E-state index contributed by atoms with van der Waals surface area (Å²) in [6, 6.07) is 99.8. The summed E-state index contributed by atoms with van der Waals surface area (Å²) in [5, 5.41) is 0. The van der Waals surface area contributed by atoms with Crippen molar-refractivity contribution < 1.29 is 21.1 Å². The Morgan fingerprint density at radius 3 is 0.779 bits per heavy atom. The maximum Gasteiger partial charge on any atom is 0.0822 e. The van der Waals surface area contributed by atoms with Gasteiger partial charge in [-0.1, -0.05) is 267 Å². The molecule has 0 saturated carbocycles. The molecule has 0 radical (unpaired) electrons. The molecule has 14 rings (SSSR count). The van der Waals surface area contributed by atoms with Gasteiger partial charge in [-0.3, -0.25) is 0 Å². The third kappa shape index (κ3) is 8.41. The molecular formula is C72H48N4Pt. The number of hydrogen-bond acceptors (Lipinski definition) is 2. The summed E-state index contributed by atoms with van der Waals surface area (Å²) in [6.45, 7) is 0. The van der Waals surface area contributed by atoms with E-state index in [4.69, 9.17) is 9.97 Å². The van der Waals surface area contributed by atoms with E-state index in [2.05, 4.69) is 289 Å². The van der Waals surface area contributed by atoms with Crippen molar-refractivity contribution in [2.75, 3.05) is 0 Å². The number of fused-ring (bicyclic) bond motifs is 11. The molecule has 2 aliphatic rings. The Balaban J connectivity index is 0.00000566. The maximum absolute atomic E-state index is 6.26. The topological polar surface area (TPSA) is 57.4 Å². The summed E-state index contributed by atoms with van der Waals surface area (Å²) in [7, 11) is 0. The van der Waals surface area contributed by atoms with E-state index in [1.165, 1.54) is 0 Å². The van der Waals surface area contributed by atoms with Gasteiger partial charge in [0.25, 0.3) is 0 Å². The Morgan fingerprint density at radius 1 is 0.234 bits per heavy atom. The predicted octanol–water partition coefficient (Wildman–Crippen LogP) is 18.7. The second-order valence-corrected chi connectivity index (χ2v) is 19.3. The van der Waals surface area contributed by atoms with Gasteiger partial charge in [0, 0.05) is 87.8 Å². The molecule has 8 bridgehead atoms. The van der Waals surface area contributed by atoms with Gasteiger partial charge in [-0.05, 0) is 56.6 Å². The second kappa shape index (κ2) is 20.3. The molecule has 2 N–H and O–H groups in total. The second-order valence-electron chi connectivity index (χ2n) is 19.3. The largest absolute Gasteiger partial charge is 0.354 e. The monoisotopic (exact) mass is 1160 g/mol. The Bertz CT molecular complexity index is 4050. The van der Waals surface area contributed by atoms with Crippen molar-refractivity contribution in [1.29, 1.82) is 0 Å². The summed E-state index contributed by atoms with van der Waals surface area (Å²) in [5.41, 5.74) is 26.3. The van der Waals surface area contributed by atoms with Gasteiger partial charge in [0.1, 0.15) is 0 Å². The summed E-state index contributed by atoms with van der Waals surface area (Å²) < 4.78 is 0. The van der Waals surface area contributed by atoms with Crippen LogP contribution in [0.1, 0.15) is 22.5 Å². The standard InChI is InChI=1S/C72H48N4.Pt/c1-9-27-47(28-10-1)61-59-45-57-55-43-25-26-44-56(55)58(73-57)46-60-62(48-29-11-2-12-30-48)64(50-33-15-4-16-34-50)70(75-60)68(54-41-23-8-24-42-54)72-66(52-37-19-6-20-38-52)65(51-35-17-5-18-36-51)71(76-72)67(53-39-21-7-22-40-53)69(74-59)63(61)49-31-13-3-14-32-49;/h1-46,74-75H;. The van der Waals surface area contributed by atoms with Crippen molar-refractivity contribution in [1.82, 2.24) is 19.9 Å². The number of rotatable bonds is 8. The van der Waals surface area contributed by atoms with Crippen molar-refractivity contribution >= 4 is 33.2 Å². The fourth-order valence-electron chi connectivity index (χ4n) is 11.5. The first-order valence-corrected chi connectivity index (χ1v) is 25.9. The van der Waals surface area contributed by atoms with Crippen LogP contribution in [0.5, 0.6) is 0 Å². The molecule has 0 atom stereocenters. The van der Waals surface area contributed by atoms with Gasteiger partial charge in [0.2, 0.25) is 0 Å². The molecule has 0 saturated heterocycles. The van der Waals surface area contributed by atoms with Crippen molar-refractivity contribution in [3.8, 4) is 89.3 Å². The summed E-state index contributed by atoms with van der Waals surface area (Å²) in [6.07, 6.45) is 0. The molecule has 4 nitrogen and oxygen atoms in total. The van der Waals surface area contributed by atoms with E-state index in [0.717, 1.165) is 145 Å². The quantitative estimate of drug-likeness (QED) is 0.159. The Kier molecular flexibility index (Phi) is 12.5. The van der Waals surface area contributed by atoms with Gasteiger partial charge in [0.05, 0.1) is 33.8 Å². The fourth-order valence-corrected chi connectivity index (χ4v) is 11.5. The average Bonchev–Trinajstić information content (AvgIpc) is 4.46. The molecular weight excluding hydrogens is 1120 g/mol. The predicted molar refractivity (Wildman–Crippen MR) is 316 cm³/mol. The van der Waals surface area contributed by atoms with Gasteiger partial charge >= 0.3 is 0 Å². The molecule has 9 aromatic carbocycles. The number of nitrogens with zero attached hydrogens (tertiary/aromatic N) is 2. The van der Waals surface area contributed by atoms with E-state index in [0.29, 0.717) is 0 Å². The number of hydrogen-bond donors (Lipinski definition) is 2. The molecule has 3 aromatic heterocycles. The minimum absolute atomic E-state index is 0. The number of aromatic amines is 2. The summed E-state index contributed by atoms with van der Waals surface area (Å²) in [5.74, 6) is 0. The number of aromatic nitrogens is 4. The molecule has 0 fully saturated rings. The average molecular weight is 1160 g/mol. The van der Waals surface area contributed by atoms with Gasteiger partial charge in [0.15, 0.2) is 0 Å². The van der Waals surface area contributed by atoms with Crippen LogP contribution in [0, 0.1) is 0 Å². The van der Waals surface area contributed by atoms with Crippen LogP contribution in [0.15, 0.2) is 279 Å². The molecule has 0 spiro atoms. The molecule has 0 aliphatic carbocycles. The van der Waals surface area contributed by atoms with Crippen LogP contribution >= 0.6 is 0 Å². The van der Waals surface area contributed by atoms with Gasteiger partial charge in [-0.25, -0.2) is 9.97 Å². The molecule has 0 amide bonds. The Hall–Kier alpha value is -9.47. The zero-order valence-corrected chi connectivity index (χ0v) is 44.0. The smallest absolute Gasteiger partial charge is 0.0822 e. The van der Waals surface area contributed by atoms with Gasteiger partial charge in [-0.2, -0.15) is 0 Å². The van der Waals surface area contributed by atoms with Crippen molar-refractivity contribution in [3.63, 3.8) is 0 Å². The van der Waals surface area contributed by atoms with E-state index >= 15 is 0 Å². The van der Waals surface area contributed by atoms with E-state index in [1.54, 1.807) is 0 Å². The third-order valence-corrected chi connectivity index (χ3v) is 14.8. The van der Waals surface area contributed by atoms with E-state index in [1.807, 2.05) is 0 Å². The van der Waals surface area contributed by atoms with Crippen molar-refractivity contribution in [2.24, 2.45) is 0 Å². The zero-order chi connectivity index (χ0) is 50.4. The van der Waals surface area contributed by atoms with E-state index in [9.17, 15) is 0 Å². The summed E-state index contributed by atoms with van der Waals surface area (Å²) in [4.78, 5) is 20.3. The molecule has 0 unspecified atom stereocenters. The SMILES string of the molecule is [Pt].c1ccc(C2=C(c3ccccc3)c3nc2c(-c2ccccc2)c2[nH]c(cc4nc(cc5[nH]c(c3-c3ccccc3)c(-c3ccccc3)c5-c3ccccc3)-c3ccccc3-4)c(-c3ccccc3)c2-c2ccccc2)cc1. The molecule has 5 heterocycles. The third-order valence-electron chi connectivity index (χ3n) is 14.8. The van der Waals surface area contributed by atoms with Crippen LogP contribution in [0.2, 0.25) is 0 Å². The number of H-pyrrole nitrogens is 2. The molecule has 5 heteroatoms. The summed E-state index contributed by atoms with van der Waals surface area (Å²) >= 11 is 0. The zero-order valence-electron chi connectivity index (χ0n) is 41.8. The first-order chi connectivity index (χ1) is 37.7. The van der Waals surface area contributed by atoms with Crippen LogP contribution < -0.4 is 0 Å². The first kappa shape index (κ1) is 47.3. The maximum atomic E-state index is 6.26. The van der Waals surface area contributed by atoms with Crippen molar-refractivity contribution in [2.45, 2.75) is 0 Å². The first-order valence-electron chi connectivity index (χ1n) is 25.9. The number of nitrogens with one attached hydrogen (secondary N) is 2. The minimum atomic E-state index is 0. The molecule has 12 aromatic rings. The Morgan fingerprint density at radius 2 is 0.481 bits per heavy atom. The van der Waals surface area contributed by atoms with E-state index < -0.39 is 0 Å². The molecule has 77 heavy (non-hydrogen) atoms. The van der Waals surface area contributed by atoms with Crippen LogP contribution in [0.3, 0.4) is 0 Å². The van der Waals surface area contributed by atoms with Crippen LogP contribution in [-0.2, 0) is 21.1 Å². The van der Waals surface area contributed by atoms with Crippen LogP contribution in [-0.4, -0.2) is 19.9 Å². The van der Waals surface area contributed by atoms with Crippen molar-refractivity contribution in [3.05, 3.63) is 302 Å². The minimum Gasteiger partial charge on any atom is -0.354 e. The van der Waals surface area contributed by atoms with Gasteiger partial charge in [-0.15, -0.1) is 0 Å². The van der Waals surface area contributed by atoms with Crippen LogP contribution in [0.25, 0.3) is 122 Å². The Labute approximate surface area is 462 Å². The van der Waals surface area contributed by atoms with Crippen LogP contribution in [0.4, 0.5) is 0 Å². The molecule has 2 aliphatic heterocycles. The van der Waals surface area contributed by atoms with E-state index in [-0.39, 0.29) is 21.1 Å². The van der Waals surface area contributed by atoms with Gasteiger partial charge < -0.3 is 9.97 Å².